The Kier molecular flexibility index (Phi) is 7.26. The van der Waals surface area contributed by atoms with Gasteiger partial charge in [-0.15, -0.1) is 0 Å². The third-order valence-electron chi connectivity index (χ3n) is 5.99. The minimum absolute atomic E-state index is 0.0263. The molecule has 2 aromatic heterocycles. The van der Waals surface area contributed by atoms with E-state index in [1.807, 2.05) is 12.1 Å². The minimum Gasteiger partial charge on any atom is -0.379 e. The molecule has 0 radical (unpaired) electrons. The van der Waals surface area contributed by atoms with Crippen LogP contribution in [0.1, 0.15) is 29.8 Å². The van der Waals surface area contributed by atoms with Crippen LogP contribution in [0, 0.1) is 5.92 Å². The molecular weight excluding hydrogens is 396 g/mol. The third-order valence-corrected chi connectivity index (χ3v) is 5.99. The van der Waals surface area contributed by atoms with Crippen LogP contribution in [0.3, 0.4) is 0 Å². The average Bonchev–Trinajstić information content (AvgIpc) is 3.33. The summed E-state index contributed by atoms with van der Waals surface area (Å²) in [4.78, 5) is 33.5. The van der Waals surface area contributed by atoms with E-state index < -0.39 is 0 Å². The molecule has 0 spiro atoms. The summed E-state index contributed by atoms with van der Waals surface area (Å²) in [5, 5.41) is 10.2. The molecule has 31 heavy (non-hydrogen) atoms. The first-order valence-electron chi connectivity index (χ1n) is 11.0. The van der Waals surface area contributed by atoms with Crippen molar-refractivity contribution in [3.8, 4) is 11.3 Å². The molecule has 0 atom stereocenters. The molecule has 9 heteroatoms. The highest BCUT2D eigenvalue weighted by Gasteiger charge is 2.28. The smallest absolute Gasteiger partial charge is 0.271 e. The van der Waals surface area contributed by atoms with Gasteiger partial charge in [0.1, 0.15) is 5.69 Å². The fourth-order valence-electron chi connectivity index (χ4n) is 4.10. The van der Waals surface area contributed by atoms with Gasteiger partial charge in [0.25, 0.3) is 5.91 Å². The highest BCUT2D eigenvalue weighted by Crippen LogP contribution is 2.21. The van der Waals surface area contributed by atoms with E-state index >= 15 is 0 Å². The Hall–Kier alpha value is -2.78. The van der Waals surface area contributed by atoms with Crippen LogP contribution in [0.4, 0.5) is 0 Å². The summed E-state index contributed by atoms with van der Waals surface area (Å²) in [6.07, 6.45) is 5.72. The van der Waals surface area contributed by atoms with Crippen molar-refractivity contribution >= 4 is 11.8 Å². The van der Waals surface area contributed by atoms with Crippen LogP contribution in [-0.2, 0) is 9.53 Å². The maximum absolute atomic E-state index is 12.8. The number of nitrogens with zero attached hydrogens (tertiary/aromatic N) is 4. The Labute approximate surface area is 182 Å². The maximum atomic E-state index is 12.8. The van der Waals surface area contributed by atoms with Gasteiger partial charge in [0.15, 0.2) is 0 Å². The van der Waals surface area contributed by atoms with Gasteiger partial charge in [0.2, 0.25) is 5.91 Å². The highest BCUT2D eigenvalue weighted by atomic mass is 16.5. The number of carbonyl (C=O) groups excluding carboxylic acids is 2. The number of rotatable bonds is 7. The molecule has 4 rings (SSSR count). The van der Waals surface area contributed by atoms with E-state index in [1.165, 1.54) is 0 Å². The fraction of sp³-hybridized carbons (Fsp3) is 0.545. The first kappa shape index (κ1) is 21.5. The number of nitrogens with one attached hydrogen (secondary N) is 2. The first-order chi connectivity index (χ1) is 15.2. The predicted octanol–water partition coefficient (Wildman–Crippen LogP) is 1.16. The molecule has 2 aromatic rings. The van der Waals surface area contributed by atoms with Gasteiger partial charge in [-0.05, 0) is 44.0 Å². The topological polar surface area (TPSA) is 103 Å². The Morgan fingerprint density at radius 1 is 1.13 bits per heavy atom. The summed E-state index contributed by atoms with van der Waals surface area (Å²) < 4.78 is 5.35. The third kappa shape index (κ3) is 5.68. The molecule has 166 valence electrons. The predicted molar refractivity (Wildman–Crippen MR) is 115 cm³/mol. The number of aromatic amines is 1. The minimum atomic E-state index is -0.0721. The van der Waals surface area contributed by atoms with Gasteiger partial charge in [-0.25, -0.2) is 0 Å². The fourth-order valence-corrected chi connectivity index (χ4v) is 4.10. The van der Waals surface area contributed by atoms with Gasteiger partial charge in [0.05, 0.1) is 18.9 Å². The first-order valence-corrected chi connectivity index (χ1v) is 11.0. The number of carbonyl (C=O) groups is 2. The number of morpholine rings is 1. The lowest BCUT2D eigenvalue weighted by Crippen LogP contribution is -2.43. The molecular formula is C22H30N6O3. The van der Waals surface area contributed by atoms with E-state index in [0.717, 1.165) is 50.5 Å². The second-order valence-electron chi connectivity index (χ2n) is 8.07. The zero-order chi connectivity index (χ0) is 21.5. The lowest BCUT2D eigenvalue weighted by molar-refractivity contribution is -0.126. The van der Waals surface area contributed by atoms with Crippen molar-refractivity contribution < 1.29 is 14.3 Å². The summed E-state index contributed by atoms with van der Waals surface area (Å²) in [7, 11) is 0. The van der Waals surface area contributed by atoms with Crippen molar-refractivity contribution in [2.24, 2.45) is 5.92 Å². The number of ether oxygens (including phenoxy) is 1. The lowest BCUT2D eigenvalue weighted by Gasteiger charge is -2.31. The standard InChI is InChI=1S/C22H30N6O3/c29-21(24-6-1-9-27-12-14-31-15-13-27)18-4-10-28(11-5-18)22(30)20-16-19(25-26-20)17-2-7-23-8-3-17/h2-3,7-8,16,18H,1,4-6,9-15H2,(H,24,29)(H,25,26). The second-order valence-corrected chi connectivity index (χ2v) is 8.07. The number of pyridine rings is 1. The number of hydrogen-bond acceptors (Lipinski definition) is 6. The van der Waals surface area contributed by atoms with E-state index in [9.17, 15) is 9.59 Å². The van der Waals surface area contributed by atoms with Gasteiger partial charge < -0.3 is 15.0 Å². The summed E-state index contributed by atoms with van der Waals surface area (Å²) >= 11 is 0. The SMILES string of the molecule is O=C(NCCCN1CCOCC1)C1CCN(C(=O)c2cc(-c3ccncc3)n[nH]2)CC1. The van der Waals surface area contributed by atoms with Crippen LogP contribution in [-0.4, -0.2) is 89.3 Å². The number of likely N-dealkylation sites (tertiary alicyclic amines) is 1. The van der Waals surface area contributed by atoms with Crippen molar-refractivity contribution in [3.63, 3.8) is 0 Å². The quantitative estimate of drug-likeness (QED) is 0.644. The van der Waals surface area contributed by atoms with Crippen molar-refractivity contribution in [3.05, 3.63) is 36.3 Å². The summed E-state index contributed by atoms with van der Waals surface area (Å²) in [6.45, 7) is 6.38. The number of amides is 2. The van der Waals surface area contributed by atoms with Crippen LogP contribution in [0.2, 0.25) is 0 Å². The Morgan fingerprint density at radius 3 is 2.61 bits per heavy atom. The van der Waals surface area contributed by atoms with Gasteiger partial charge in [-0.3, -0.25) is 24.6 Å². The van der Waals surface area contributed by atoms with Gasteiger partial charge in [0, 0.05) is 56.6 Å². The number of H-pyrrole nitrogens is 1. The Balaban J connectivity index is 1.19. The molecule has 0 aliphatic carbocycles. The molecule has 0 unspecified atom stereocenters. The molecule has 4 heterocycles. The molecule has 0 saturated carbocycles. The van der Waals surface area contributed by atoms with Gasteiger partial charge >= 0.3 is 0 Å². The van der Waals surface area contributed by atoms with Gasteiger partial charge in [-0.1, -0.05) is 0 Å². The van der Waals surface area contributed by atoms with Crippen LogP contribution < -0.4 is 5.32 Å². The zero-order valence-corrected chi connectivity index (χ0v) is 17.8. The molecule has 2 amide bonds. The molecule has 2 fully saturated rings. The monoisotopic (exact) mass is 426 g/mol. The molecule has 0 bridgehead atoms. The Morgan fingerprint density at radius 2 is 1.87 bits per heavy atom. The number of hydrogen-bond donors (Lipinski definition) is 2. The Bertz CT molecular complexity index is 857. The van der Waals surface area contributed by atoms with Crippen LogP contribution in [0.15, 0.2) is 30.6 Å². The van der Waals surface area contributed by atoms with Crippen LogP contribution >= 0.6 is 0 Å². The number of aromatic nitrogens is 3. The van der Waals surface area contributed by atoms with E-state index in [0.29, 0.717) is 38.2 Å². The van der Waals surface area contributed by atoms with E-state index in [-0.39, 0.29) is 17.7 Å². The highest BCUT2D eigenvalue weighted by molar-refractivity contribution is 5.93. The van der Waals surface area contributed by atoms with Gasteiger partial charge in [-0.2, -0.15) is 5.10 Å². The van der Waals surface area contributed by atoms with Crippen LogP contribution in [0.5, 0.6) is 0 Å². The molecule has 2 saturated heterocycles. The molecule has 2 aliphatic heterocycles. The van der Waals surface area contributed by atoms with Crippen molar-refractivity contribution in [1.29, 1.82) is 0 Å². The van der Waals surface area contributed by atoms with E-state index in [4.69, 9.17) is 4.74 Å². The van der Waals surface area contributed by atoms with Crippen molar-refractivity contribution in [1.82, 2.24) is 30.3 Å². The van der Waals surface area contributed by atoms with E-state index in [2.05, 4.69) is 25.4 Å². The normalized spacial score (nSPS) is 18.1. The average molecular weight is 427 g/mol. The molecule has 9 nitrogen and oxygen atoms in total. The van der Waals surface area contributed by atoms with Crippen molar-refractivity contribution in [2.45, 2.75) is 19.3 Å². The van der Waals surface area contributed by atoms with E-state index in [1.54, 1.807) is 23.4 Å². The van der Waals surface area contributed by atoms with Crippen LogP contribution in [0.25, 0.3) is 11.3 Å². The lowest BCUT2D eigenvalue weighted by atomic mass is 9.95. The molecule has 0 aromatic carbocycles. The largest absolute Gasteiger partial charge is 0.379 e. The zero-order valence-electron chi connectivity index (χ0n) is 17.8. The summed E-state index contributed by atoms with van der Waals surface area (Å²) in [6, 6.07) is 5.48. The second kappa shape index (κ2) is 10.5. The summed E-state index contributed by atoms with van der Waals surface area (Å²) in [5.74, 6) is 0.00866. The maximum Gasteiger partial charge on any atom is 0.271 e. The van der Waals surface area contributed by atoms with Crippen molar-refractivity contribution in [2.75, 3.05) is 52.5 Å². The molecule has 2 aliphatic rings. The molecule has 2 N–H and O–H groups in total. The summed E-state index contributed by atoms with van der Waals surface area (Å²) in [5.41, 5.74) is 2.10. The number of piperidine rings is 1.